The first-order valence-corrected chi connectivity index (χ1v) is 8.00. The van der Waals surface area contributed by atoms with Gasteiger partial charge in [-0.2, -0.15) is 0 Å². The number of piperidine rings is 1. The number of amides is 1. The summed E-state index contributed by atoms with van der Waals surface area (Å²) >= 11 is 6.19. The molecule has 1 heterocycles. The molecule has 0 bridgehead atoms. The smallest absolute Gasteiger partial charge is 0.228 e. The number of rotatable bonds is 4. The number of hydrogen-bond donors (Lipinski definition) is 1. The third-order valence-electron chi connectivity index (χ3n) is 4.58. The van der Waals surface area contributed by atoms with Crippen LogP contribution >= 0.6 is 11.6 Å². The van der Waals surface area contributed by atoms with Gasteiger partial charge in [0.15, 0.2) is 0 Å². The van der Waals surface area contributed by atoms with Crippen molar-refractivity contribution in [2.45, 2.75) is 33.2 Å². The van der Waals surface area contributed by atoms with Crippen LogP contribution in [-0.4, -0.2) is 30.9 Å². The minimum Gasteiger partial charge on any atom is -0.341 e. The lowest BCUT2D eigenvalue weighted by atomic mass is 9.74. The van der Waals surface area contributed by atoms with Crippen LogP contribution in [0.4, 0.5) is 0 Å². The highest BCUT2D eigenvalue weighted by atomic mass is 35.5. The van der Waals surface area contributed by atoms with E-state index in [4.69, 9.17) is 11.6 Å². The Hall–Kier alpha value is -1.06. The van der Waals surface area contributed by atoms with Crippen molar-refractivity contribution in [1.82, 2.24) is 10.2 Å². The van der Waals surface area contributed by atoms with E-state index in [0.717, 1.165) is 31.5 Å². The molecule has 0 aromatic heterocycles. The number of carbonyl (C=O) groups is 1. The van der Waals surface area contributed by atoms with Crippen LogP contribution in [0.5, 0.6) is 0 Å². The fourth-order valence-corrected chi connectivity index (χ4v) is 3.28. The first-order chi connectivity index (χ1) is 9.93. The van der Waals surface area contributed by atoms with Gasteiger partial charge in [-0.1, -0.05) is 43.6 Å². The van der Waals surface area contributed by atoms with E-state index in [1.807, 2.05) is 31.3 Å². The summed E-state index contributed by atoms with van der Waals surface area (Å²) in [6, 6.07) is 7.70. The van der Waals surface area contributed by atoms with E-state index in [2.05, 4.69) is 19.2 Å². The summed E-state index contributed by atoms with van der Waals surface area (Å²) in [6.45, 7) is 6.68. The molecule has 1 amide bonds. The minimum absolute atomic E-state index is 0.191. The molecule has 1 unspecified atom stereocenters. The Morgan fingerprint density at radius 2 is 2.14 bits per heavy atom. The molecular formula is C17H25ClN2O. The van der Waals surface area contributed by atoms with Gasteiger partial charge < -0.3 is 10.2 Å². The average molecular weight is 309 g/mol. The second kappa shape index (κ2) is 6.80. The second-order valence-electron chi connectivity index (χ2n) is 6.52. The number of carbonyl (C=O) groups excluding carboxylic acids is 1. The summed E-state index contributed by atoms with van der Waals surface area (Å²) in [5, 5.41) is 4.12. The van der Waals surface area contributed by atoms with Crippen molar-refractivity contribution < 1.29 is 4.79 Å². The first-order valence-electron chi connectivity index (χ1n) is 7.62. The van der Waals surface area contributed by atoms with Crippen LogP contribution < -0.4 is 5.32 Å². The summed E-state index contributed by atoms with van der Waals surface area (Å²) in [6.07, 6.45) is 2.27. The Morgan fingerprint density at radius 1 is 1.43 bits per heavy atom. The van der Waals surface area contributed by atoms with Gasteiger partial charge in [0.1, 0.15) is 0 Å². The molecule has 1 aliphatic heterocycles. The molecule has 2 rings (SSSR count). The topological polar surface area (TPSA) is 32.3 Å². The van der Waals surface area contributed by atoms with E-state index >= 15 is 0 Å². The van der Waals surface area contributed by atoms with Crippen LogP contribution in [0.1, 0.15) is 32.3 Å². The monoisotopic (exact) mass is 308 g/mol. The number of hydrogen-bond acceptors (Lipinski definition) is 2. The molecular weight excluding hydrogens is 284 g/mol. The van der Waals surface area contributed by atoms with E-state index in [0.29, 0.717) is 17.5 Å². The summed E-state index contributed by atoms with van der Waals surface area (Å²) in [7, 11) is 1.86. The zero-order valence-electron chi connectivity index (χ0n) is 13.2. The summed E-state index contributed by atoms with van der Waals surface area (Å²) < 4.78 is 0. The van der Waals surface area contributed by atoms with Crippen LogP contribution in [0, 0.1) is 11.3 Å². The fraction of sp³-hybridized carbons (Fsp3) is 0.588. The normalized spacial score (nSPS) is 19.3. The molecule has 0 radical (unpaired) electrons. The van der Waals surface area contributed by atoms with E-state index in [1.54, 1.807) is 4.90 Å². The third-order valence-corrected chi connectivity index (χ3v) is 4.95. The lowest BCUT2D eigenvalue weighted by Crippen LogP contribution is -2.47. The molecule has 0 saturated carbocycles. The molecule has 1 saturated heterocycles. The van der Waals surface area contributed by atoms with Gasteiger partial charge in [-0.25, -0.2) is 0 Å². The van der Waals surface area contributed by atoms with Crippen LogP contribution in [0.2, 0.25) is 5.02 Å². The quantitative estimate of drug-likeness (QED) is 0.925. The molecule has 0 aliphatic carbocycles. The Morgan fingerprint density at radius 3 is 2.76 bits per heavy atom. The first kappa shape index (κ1) is 16.3. The molecule has 21 heavy (non-hydrogen) atoms. The van der Waals surface area contributed by atoms with Gasteiger partial charge in [-0.3, -0.25) is 4.79 Å². The third kappa shape index (κ3) is 3.78. The van der Waals surface area contributed by atoms with Crippen LogP contribution in [0.15, 0.2) is 24.3 Å². The maximum Gasteiger partial charge on any atom is 0.228 e. The van der Waals surface area contributed by atoms with Gasteiger partial charge in [0, 0.05) is 24.0 Å². The molecule has 1 N–H and O–H groups in total. The molecule has 1 fully saturated rings. The maximum absolute atomic E-state index is 12.8. The molecule has 1 atom stereocenters. The van der Waals surface area contributed by atoms with Crippen molar-refractivity contribution in [2.75, 3.05) is 20.1 Å². The Bertz CT molecular complexity index is 495. The van der Waals surface area contributed by atoms with Crippen molar-refractivity contribution in [3.05, 3.63) is 34.9 Å². The molecule has 1 aliphatic rings. The molecule has 1 aromatic carbocycles. The SMILES string of the molecule is CN(Cc1ccccc1Cl)C(=O)C(C)(C)C1CCCNC1. The molecule has 3 nitrogen and oxygen atoms in total. The van der Waals surface area contributed by atoms with E-state index < -0.39 is 0 Å². The number of benzene rings is 1. The summed E-state index contributed by atoms with van der Waals surface area (Å²) in [5.41, 5.74) is 0.649. The highest BCUT2D eigenvalue weighted by molar-refractivity contribution is 6.31. The standard InChI is InChI=1S/C17H25ClN2O/c1-17(2,14-8-6-10-19-11-14)16(21)20(3)12-13-7-4-5-9-15(13)18/h4-5,7,9,14,19H,6,8,10-12H2,1-3H3. The zero-order valence-corrected chi connectivity index (χ0v) is 13.9. The van der Waals surface area contributed by atoms with Gasteiger partial charge >= 0.3 is 0 Å². The fourth-order valence-electron chi connectivity index (χ4n) is 3.09. The van der Waals surface area contributed by atoms with Crippen LogP contribution in [0.25, 0.3) is 0 Å². The lowest BCUT2D eigenvalue weighted by molar-refractivity contribution is -0.143. The zero-order chi connectivity index (χ0) is 15.5. The highest BCUT2D eigenvalue weighted by Crippen LogP contribution is 2.34. The van der Waals surface area contributed by atoms with Crippen molar-refractivity contribution in [3.8, 4) is 0 Å². The van der Waals surface area contributed by atoms with Crippen LogP contribution in [0.3, 0.4) is 0 Å². The van der Waals surface area contributed by atoms with Crippen LogP contribution in [-0.2, 0) is 11.3 Å². The summed E-state index contributed by atoms with van der Waals surface area (Å²) in [4.78, 5) is 14.6. The Kier molecular flexibility index (Phi) is 5.28. The molecule has 1 aromatic rings. The summed E-state index contributed by atoms with van der Waals surface area (Å²) in [5.74, 6) is 0.587. The second-order valence-corrected chi connectivity index (χ2v) is 6.92. The Labute approximate surface area is 132 Å². The van der Waals surface area contributed by atoms with Crippen molar-refractivity contribution in [2.24, 2.45) is 11.3 Å². The molecule has 4 heteroatoms. The Balaban J connectivity index is 2.05. The highest BCUT2D eigenvalue weighted by Gasteiger charge is 2.38. The van der Waals surface area contributed by atoms with Gasteiger partial charge in [-0.05, 0) is 43.5 Å². The predicted molar refractivity (Wildman–Crippen MR) is 87.3 cm³/mol. The van der Waals surface area contributed by atoms with Crippen molar-refractivity contribution in [3.63, 3.8) is 0 Å². The van der Waals surface area contributed by atoms with Gasteiger partial charge in [0.05, 0.1) is 0 Å². The largest absolute Gasteiger partial charge is 0.341 e. The number of halogens is 1. The predicted octanol–water partition coefficient (Wildman–Crippen LogP) is 3.32. The van der Waals surface area contributed by atoms with Gasteiger partial charge in [0.25, 0.3) is 0 Å². The van der Waals surface area contributed by atoms with E-state index in [1.165, 1.54) is 0 Å². The number of nitrogens with zero attached hydrogens (tertiary/aromatic N) is 1. The lowest BCUT2D eigenvalue weighted by Gasteiger charge is -2.38. The molecule has 116 valence electrons. The average Bonchev–Trinajstić information content (AvgIpc) is 2.49. The minimum atomic E-state index is -0.344. The van der Waals surface area contributed by atoms with Crippen molar-refractivity contribution in [1.29, 1.82) is 0 Å². The van der Waals surface area contributed by atoms with E-state index in [9.17, 15) is 4.79 Å². The van der Waals surface area contributed by atoms with Gasteiger partial charge in [-0.15, -0.1) is 0 Å². The van der Waals surface area contributed by atoms with Gasteiger partial charge in [0.2, 0.25) is 5.91 Å². The van der Waals surface area contributed by atoms with E-state index in [-0.39, 0.29) is 11.3 Å². The van der Waals surface area contributed by atoms with Crippen molar-refractivity contribution >= 4 is 17.5 Å². The maximum atomic E-state index is 12.8. The molecule has 0 spiro atoms. The number of nitrogens with one attached hydrogen (secondary N) is 1.